The highest BCUT2D eigenvalue weighted by atomic mass is 79.9. The zero-order chi connectivity index (χ0) is 13.8. The molecule has 0 atom stereocenters. The third-order valence-corrected chi connectivity index (χ3v) is 3.95. The lowest BCUT2D eigenvalue weighted by molar-refractivity contribution is 0.330. The minimum Gasteiger partial charge on any atom is -0.417 e. The van der Waals surface area contributed by atoms with Crippen molar-refractivity contribution < 1.29 is 9.15 Å². The van der Waals surface area contributed by atoms with Crippen LogP contribution in [-0.4, -0.2) is 11.5 Å². The maximum absolute atomic E-state index is 5.63. The summed E-state index contributed by atoms with van der Waals surface area (Å²) in [5.74, 6) is 0.732. The molecule has 0 aliphatic carbocycles. The molecule has 5 heteroatoms. The highest BCUT2D eigenvalue weighted by Crippen LogP contribution is 2.29. The fraction of sp³-hybridized carbons (Fsp3) is 0.357. The molecule has 19 heavy (non-hydrogen) atoms. The van der Waals surface area contributed by atoms with Gasteiger partial charge in [0.2, 0.25) is 0 Å². The molecule has 1 aromatic heterocycles. The first-order valence-electron chi connectivity index (χ1n) is 6.20. The lowest BCUT2D eigenvalue weighted by Gasteiger charge is -2.06. The maximum atomic E-state index is 5.63. The third-order valence-electron chi connectivity index (χ3n) is 2.70. The summed E-state index contributed by atoms with van der Waals surface area (Å²) in [6.45, 7) is 7.67. The molecule has 0 unspecified atom stereocenters. The third kappa shape index (κ3) is 3.58. The number of aromatic nitrogens is 1. The average molecular weight is 325 g/mol. The predicted octanol–water partition coefficient (Wildman–Crippen LogP) is 3.96. The zero-order valence-corrected chi connectivity index (χ0v) is 12.9. The quantitative estimate of drug-likeness (QED) is 0.904. The molecule has 0 saturated heterocycles. The summed E-state index contributed by atoms with van der Waals surface area (Å²) >= 11 is 3.53. The number of hydrogen-bond acceptors (Lipinski definition) is 4. The number of oxazole rings is 1. The van der Waals surface area contributed by atoms with Gasteiger partial charge in [0.15, 0.2) is 0 Å². The van der Waals surface area contributed by atoms with E-state index in [2.05, 4.69) is 26.2 Å². The van der Waals surface area contributed by atoms with Crippen molar-refractivity contribution in [3.63, 3.8) is 0 Å². The summed E-state index contributed by atoms with van der Waals surface area (Å²) in [7, 11) is 0. The summed E-state index contributed by atoms with van der Waals surface area (Å²) in [5.41, 5.74) is 3.08. The number of aryl methyl sites for hydroxylation is 2. The monoisotopic (exact) mass is 324 g/mol. The van der Waals surface area contributed by atoms with Crippen molar-refractivity contribution in [3.05, 3.63) is 39.7 Å². The Bertz CT molecular complexity index is 543. The summed E-state index contributed by atoms with van der Waals surface area (Å²) < 4.78 is 12.0. The van der Waals surface area contributed by atoms with E-state index in [1.54, 1.807) is 6.26 Å². The molecule has 0 radical (unpaired) electrons. The van der Waals surface area contributed by atoms with Gasteiger partial charge in [0, 0.05) is 11.0 Å². The Hall–Kier alpha value is -1.33. The van der Waals surface area contributed by atoms with E-state index >= 15 is 0 Å². The lowest BCUT2D eigenvalue weighted by atomic mass is 10.1. The molecular weight excluding hydrogens is 308 g/mol. The van der Waals surface area contributed by atoms with Gasteiger partial charge in [-0.2, -0.15) is 4.98 Å². The van der Waals surface area contributed by atoms with Crippen LogP contribution in [0.5, 0.6) is 11.8 Å². The van der Waals surface area contributed by atoms with E-state index in [1.807, 2.05) is 32.9 Å². The fourth-order valence-electron chi connectivity index (χ4n) is 1.74. The van der Waals surface area contributed by atoms with Crippen LogP contribution in [0.3, 0.4) is 0 Å². The van der Waals surface area contributed by atoms with Gasteiger partial charge in [-0.1, -0.05) is 22.9 Å². The lowest BCUT2D eigenvalue weighted by Crippen LogP contribution is -2.11. The second kappa shape index (κ2) is 6.21. The molecule has 0 aliphatic heterocycles. The first-order chi connectivity index (χ1) is 9.10. The Morgan fingerprint density at radius 1 is 1.32 bits per heavy atom. The summed E-state index contributed by atoms with van der Waals surface area (Å²) in [6.07, 6.45) is 1.88. The highest BCUT2D eigenvalue weighted by molar-refractivity contribution is 9.10. The van der Waals surface area contributed by atoms with Crippen LogP contribution < -0.4 is 10.1 Å². The van der Waals surface area contributed by atoms with Crippen LogP contribution in [0.15, 0.2) is 27.3 Å². The number of hydrogen-bond donors (Lipinski definition) is 1. The van der Waals surface area contributed by atoms with Crippen molar-refractivity contribution in [1.29, 1.82) is 0 Å². The summed E-state index contributed by atoms with van der Waals surface area (Å²) in [5, 5.41) is 3.18. The number of nitrogens with zero attached hydrogens (tertiary/aromatic N) is 1. The van der Waals surface area contributed by atoms with Gasteiger partial charge in [0.1, 0.15) is 12.0 Å². The van der Waals surface area contributed by atoms with Crippen LogP contribution in [0.25, 0.3) is 0 Å². The van der Waals surface area contributed by atoms with E-state index in [0.29, 0.717) is 6.54 Å². The molecule has 2 aromatic rings. The van der Waals surface area contributed by atoms with Crippen LogP contribution in [0, 0.1) is 13.8 Å². The van der Waals surface area contributed by atoms with Gasteiger partial charge in [-0.3, -0.25) is 0 Å². The number of benzene rings is 1. The molecule has 0 bridgehead atoms. The van der Waals surface area contributed by atoms with Gasteiger partial charge < -0.3 is 14.5 Å². The van der Waals surface area contributed by atoms with Gasteiger partial charge in [-0.15, -0.1) is 0 Å². The van der Waals surface area contributed by atoms with E-state index in [-0.39, 0.29) is 6.08 Å². The molecule has 1 aromatic carbocycles. The largest absolute Gasteiger partial charge is 0.417 e. The average Bonchev–Trinajstić information content (AvgIpc) is 2.81. The van der Waals surface area contributed by atoms with Crippen LogP contribution in [-0.2, 0) is 6.54 Å². The molecule has 0 aliphatic rings. The zero-order valence-electron chi connectivity index (χ0n) is 11.3. The second-order valence-corrected chi connectivity index (χ2v) is 5.15. The molecule has 1 N–H and O–H groups in total. The molecule has 0 amide bonds. The Morgan fingerprint density at radius 2 is 2.00 bits per heavy atom. The number of ether oxygens (including phenoxy) is 1. The van der Waals surface area contributed by atoms with Gasteiger partial charge in [-0.25, -0.2) is 0 Å². The van der Waals surface area contributed by atoms with E-state index in [0.717, 1.165) is 33.6 Å². The van der Waals surface area contributed by atoms with E-state index < -0.39 is 0 Å². The smallest absolute Gasteiger partial charge is 0.399 e. The number of nitrogens with one attached hydrogen (secondary N) is 1. The van der Waals surface area contributed by atoms with Crippen LogP contribution >= 0.6 is 15.9 Å². The van der Waals surface area contributed by atoms with Crippen molar-refractivity contribution >= 4 is 15.9 Å². The van der Waals surface area contributed by atoms with E-state index in [1.165, 1.54) is 0 Å². The Kier molecular flexibility index (Phi) is 4.61. The van der Waals surface area contributed by atoms with Crippen LogP contribution in [0.1, 0.15) is 23.7 Å². The number of halogens is 1. The first-order valence-corrected chi connectivity index (χ1v) is 6.99. The van der Waals surface area contributed by atoms with Gasteiger partial charge >= 0.3 is 6.08 Å². The normalized spacial score (nSPS) is 10.7. The van der Waals surface area contributed by atoms with Crippen molar-refractivity contribution in [1.82, 2.24) is 10.3 Å². The minimum atomic E-state index is 0.272. The predicted molar refractivity (Wildman–Crippen MR) is 77.6 cm³/mol. The van der Waals surface area contributed by atoms with Crippen LogP contribution in [0.4, 0.5) is 0 Å². The second-order valence-electron chi connectivity index (χ2n) is 4.36. The Morgan fingerprint density at radius 3 is 2.63 bits per heavy atom. The molecular formula is C14H17BrN2O2. The summed E-state index contributed by atoms with van der Waals surface area (Å²) in [4.78, 5) is 4.26. The molecule has 102 valence electrons. The SMILES string of the molecule is CCNCc1coc(Oc2cc(C)c(Br)c(C)c2)n1. The minimum absolute atomic E-state index is 0.272. The van der Waals surface area contributed by atoms with E-state index in [9.17, 15) is 0 Å². The summed E-state index contributed by atoms with van der Waals surface area (Å²) in [6, 6.07) is 3.90. The van der Waals surface area contributed by atoms with Crippen molar-refractivity contribution in [2.24, 2.45) is 0 Å². The van der Waals surface area contributed by atoms with Crippen LogP contribution in [0.2, 0.25) is 0 Å². The molecule has 0 saturated carbocycles. The van der Waals surface area contributed by atoms with Gasteiger partial charge in [0.25, 0.3) is 0 Å². The van der Waals surface area contributed by atoms with Gasteiger partial charge in [0.05, 0.1) is 5.69 Å². The molecule has 0 fully saturated rings. The molecule has 0 spiro atoms. The molecule has 2 rings (SSSR count). The topological polar surface area (TPSA) is 47.3 Å². The maximum Gasteiger partial charge on any atom is 0.399 e. The Balaban J connectivity index is 2.10. The van der Waals surface area contributed by atoms with Crippen molar-refractivity contribution in [2.45, 2.75) is 27.3 Å². The Labute approximate surface area is 121 Å². The van der Waals surface area contributed by atoms with Crippen molar-refractivity contribution in [3.8, 4) is 11.8 Å². The number of rotatable bonds is 5. The van der Waals surface area contributed by atoms with Gasteiger partial charge in [-0.05, 0) is 43.7 Å². The van der Waals surface area contributed by atoms with Crippen molar-refractivity contribution in [2.75, 3.05) is 6.54 Å². The highest BCUT2D eigenvalue weighted by Gasteiger charge is 2.08. The standard InChI is InChI=1S/C14H17BrN2O2/c1-4-16-7-11-8-18-14(17-11)19-12-5-9(2)13(15)10(3)6-12/h5-6,8,16H,4,7H2,1-3H3. The fourth-order valence-corrected chi connectivity index (χ4v) is 1.96. The molecule has 1 heterocycles. The van der Waals surface area contributed by atoms with E-state index in [4.69, 9.17) is 9.15 Å². The first kappa shape index (κ1) is 14.1. The molecule has 4 nitrogen and oxygen atoms in total.